The SMILES string of the molecule is CC(C)(C)OC(=O)N1CC(O)CC1C(=O)N(c1ccc(C(C)(C)C)cc1)C(C(=O)NC1CCCCC1)c1cccnc1. The number of rotatable bonds is 6. The molecule has 4 rings (SSSR count). The summed E-state index contributed by atoms with van der Waals surface area (Å²) in [6.45, 7) is 11.6. The highest BCUT2D eigenvalue weighted by Crippen LogP contribution is 2.34. The van der Waals surface area contributed by atoms with E-state index in [1.54, 1.807) is 45.3 Å². The number of carbonyl (C=O) groups is 3. The van der Waals surface area contributed by atoms with Crippen LogP contribution < -0.4 is 10.2 Å². The van der Waals surface area contributed by atoms with Gasteiger partial charge in [-0.3, -0.25) is 24.4 Å². The number of ether oxygens (including phenoxy) is 1. The molecule has 42 heavy (non-hydrogen) atoms. The Labute approximate surface area is 249 Å². The number of hydrogen-bond donors (Lipinski definition) is 2. The molecule has 0 bridgehead atoms. The standard InChI is InChI=1S/C33H46N4O5/c1-32(2,3)23-14-16-25(17-15-23)37(30(40)27-19-26(38)21-36(27)31(41)42-33(4,5)6)28(22-11-10-18-34-20-22)29(39)35-24-12-8-7-9-13-24/h10-11,14-18,20,24,26-28,38H,7-9,12-13,19,21H2,1-6H3,(H,35,39). The lowest BCUT2D eigenvalue weighted by atomic mass is 9.87. The molecule has 2 heterocycles. The molecule has 9 nitrogen and oxygen atoms in total. The zero-order chi connectivity index (χ0) is 30.7. The van der Waals surface area contributed by atoms with E-state index in [2.05, 4.69) is 31.1 Å². The van der Waals surface area contributed by atoms with Gasteiger partial charge < -0.3 is 15.2 Å². The van der Waals surface area contributed by atoms with Gasteiger partial charge in [-0.25, -0.2) is 4.79 Å². The second kappa shape index (κ2) is 12.8. The molecule has 2 fully saturated rings. The van der Waals surface area contributed by atoms with E-state index in [1.807, 2.05) is 24.3 Å². The Morgan fingerprint density at radius 3 is 2.26 bits per heavy atom. The van der Waals surface area contributed by atoms with E-state index in [4.69, 9.17) is 4.74 Å². The molecule has 1 saturated carbocycles. The Kier molecular flexibility index (Phi) is 9.60. The molecule has 0 spiro atoms. The second-order valence-corrected chi connectivity index (χ2v) is 13.6. The molecule has 1 aromatic heterocycles. The monoisotopic (exact) mass is 578 g/mol. The van der Waals surface area contributed by atoms with Crippen LogP contribution in [0.1, 0.15) is 97.2 Å². The Hall–Kier alpha value is -3.46. The number of carbonyl (C=O) groups excluding carboxylic acids is 3. The highest BCUT2D eigenvalue weighted by molar-refractivity contribution is 6.04. The van der Waals surface area contributed by atoms with Gasteiger partial charge >= 0.3 is 6.09 Å². The van der Waals surface area contributed by atoms with Crippen molar-refractivity contribution in [3.8, 4) is 0 Å². The lowest BCUT2D eigenvalue weighted by Crippen LogP contribution is -2.53. The Bertz CT molecular complexity index is 1230. The summed E-state index contributed by atoms with van der Waals surface area (Å²) in [5, 5.41) is 13.8. The fraction of sp³-hybridized carbons (Fsp3) is 0.576. The number of amides is 3. The molecule has 2 aliphatic rings. The van der Waals surface area contributed by atoms with Crippen molar-refractivity contribution in [1.82, 2.24) is 15.2 Å². The predicted octanol–water partition coefficient (Wildman–Crippen LogP) is 5.27. The van der Waals surface area contributed by atoms with Crippen molar-refractivity contribution >= 4 is 23.6 Å². The number of anilines is 1. The first kappa shape index (κ1) is 31.5. The smallest absolute Gasteiger partial charge is 0.411 e. The van der Waals surface area contributed by atoms with E-state index in [0.29, 0.717) is 11.3 Å². The minimum Gasteiger partial charge on any atom is -0.444 e. The molecule has 1 aliphatic heterocycles. The van der Waals surface area contributed by atoms with Gasteiger partial charge in [0.15, 0.2) is 0 Å². The average molecular weight is 579 g/mol. The second-order valence-electron chi connectivity index (χ2n) is 13.6. The van der Waals surface area contributed by atoms with Crippen LogP contribution in [0.3, 0.4) is 0 Å². The third-order valence-corrected chi connectivity index (χ3v) is 7.90. The highest BCUT2D eigenvalue weighted by Gasteiger charge is 2.46. The molecule has 2 aromatic rings. The van der Waals surface area contributed by atoms with E-state index >= 15 is 0 Å². The molecule has 3 unspecified atom stereocenters. The van der Waals surface area contributed by atoms with Crippen molar-refractivity contribution in [2.45, 2.75) is 115 Å². The van der Waals surface area contributed by atoms with Gasteiger partial charge in [0, 0.05) is 36.1 Å². The summed E-state index contributed by atoms with van der Waals surface area (Å²) >= 11 is 0. The predicted molar refractivity (Wildman–Crippen MR) is 162 cm³/mol. The molecule has 3 atom stereocenters. The van der Waals surface area contributed by atoms with Crippen LogP contribution in [0.4, 0.5) is 10.5 Å². The first-order valence-corrected chi connectivity index (χ1v) is 15.1. The Balaban J connectivity index is 1.79. The van der Waals surface area contributed by atoms with Crippen LogP contribution in [-0.2, 0) is 19.7 Å². The van der Waals surface area contributed by atoms with Crippen molar-refractivity contribution in [1.29, 1.82) is 0 Å². The number of nitrogens with one attached hydrogen (secondary N) is 1. The molecule has 1 aliphatic carbocycles. The van der Waals surface area contributed by atoms with E-state index in [-0.39, 0.29) is 30.3 Å². The number of nitrogens with zero attached hydrogens (tertiary/aromatic N) is 3. The number of aliphatic hydroxyl groups is 1. The maximum Gasteiger partial charge on any atom is 0.411 e. The van der Waals surface area contributed by atoms with Gasteiger partial charge in [0.2, 0.25) is 5.91 Å². The normalized spacial score (nSPS) is 20.6. The zero-order valence-electron chi connectivity index (χ0n) is 25.8. The fourth-order valence-electron chi connectivity index (χ4n) is 5.74. The Morgan fingerprint density at radius 2 is 1.69 bits per heavy atom. The summed E-state index contributed by atoms with van der Waals surface area (Å²) in [5.41, 5.74) is 1.26. The molecule has 9 heteroatoms. The highest BCUT2D eigenvalue weighted by atomic mass is 16.6. The average Bonchev–Trinajstić information content (AvgIpc) is 3.33. The van der Waals surface area contributed by atoms with Crippen LogP contribution in [0.5, 0.6) is 0 Å². The number of aliphatic hydroxyl groups excluding tert-OH is 1. The number of hydrogen-bond acceptors (Lipinski definition) is 6. The summed E-state index contributed by atoms with van der Waals surface area (Å²) in [6.07, 6.45) is 6.71. The largest absolute Gasteiger partial charge is 0.444 e. The van der Waals surface area contributed by atoms with Crippen LogP contribution in [0, 0.1) is 0 Å². The molecule has 2 N–H and O–H groups in total. The number of likely N-dealkylation sites (tertiary alicyclic amines) is 1. The van der Waals surface area contributed by atoms with E-state index in [1.165, 1.54) is 9.80 Å². The van der Waals surface area contributed by atoms with Gasteiger partial charge in [0.05, 0.1) is 12.6 Å². The van der Waals surface area contributed by atoms with Crippen LogP contribution in [0.2, 0.25) is 0 Å². The third kappa shape index (κ3) is 7.68. The summed E-state index contributed by atoms with van der Waals surface area (Å²) < 4.78 is 5.60. The lowest BCUT2D eigenvalue weighted by molar-refractivity contribution is -0.129. The van der Waals surface area contributed by atoms with Crippen molar-refractivity contribution in [2.75, 3.05) is 11.4 Å². The summed E-state index contributed by atoms with van der Waals surface area (Å²) in [7, 11) is 0. The molecule has 1 saturated heterocycles. The third-order valence-electron chi connectivity index (χ3n) is 7.90. The maximum atomic E-state index is 14.6. The van der Waals surface area contributed by atoms with E-state index in [0.717, 1.165) is 37.7 Å². The molecular formula is C33H46N4O5. The Morgan fingerprint density at radius 1 is 1.02 bits per heavy atom. The zero-order valence-corrected chi connectivity index (χ0v) is 25.8. The van der Waals surface area contributed by atoms with Crippen molar-refractivity contribution < 1.29 is 24.2 Å². The number of aromatic nitrogens is 1. The van der Waals surface area contributed by atoms with E-state index in [9.17, 15) is 19.5 Å². The first-order valence-electron chi connectivity index (χ1n) is 15.1. The lowest BCUT2D eigenvalue weighted by Gasteiger charge is -2.36. The van der Waals surface area contributed by atoms with Crippen LogP contribution in [-0.4, -0.2) is 63.2 Å². The van der Waals surface area contributed by atoms with Crippen LogP contribution >= 0.6 is 0 Å². The molecule has 1 aromatic carbocycles. The summed E-state index contributed by atoms with van der Waals surface area (Å²) in [6, 6.07) is 9.12. The number of β-amino-alcohol motifs (C(OH)–C–C–N with tert-alkyl or cyclic N) is 1. The topological polar surface area (TPSA) is 112 Å². The van der Waals surface area contributed by atoms with Crippen LogP contribution in [0.15, 0.2) is 48.8 Å². The molecule has 228 valence electrons. The summed E-state index contributed by atoms with van der Waals surface area (Å²) in [5.74, 6) is -0.765. The van der Waals surface area contributed by atoms with Crippen LogP contribution in [0.25, 0.3) is 0 Å². The van der Waals surface area contributed by atoms with Gasteiger partial charge in [-0.1, -0.05) is 58.2 Å². The number of pyridine rings is 1. The molecule has 0 radical (unpaired) electrons. The molecule has 3 amide bonds. The molecular weight excluding hydrogens is 532 g/mol. The summed E-state index contributed by atoms with van der Waals surface area (Å²) in [4.78, 5) is 49.0. The maximum absolute atomic E-state index is 14.6. The van der Waals surface area contributed by atoms with Crippen molar-refractivity contribution in [3.05, 3.63) is 59.9 Å². The van der Waals surface area contributed by atoms with E-state index < -0.39 is 35.8 Å². The van der Waals surface area contributed by atoms with Crippen molar-refractivity contribution in [2.24, 2.45) is 0 Å². The quantitative estimate of drug-likeness (QED) is 0.483. The van der Waals surface area contributed by atoms with Crippen molar-refractivity contribution in [3.63, 3.8) is 0 Å². The minimum atomic E-state index is -1.04. The van der Waals surface area contributed by atoms with Gasteiger partial charge in [0.1, 0.15) is 17.7 Å². The fourth-order valence-corrected chi connectivity index (χ4v) is 5.74. The van der Waals surface area contributed by atoms with Gasteiger partial charge in [0.25, 0.3) is 5.91 Å². The minimum absolute atomic E-state index is 0.0252. The van der Waals surface area contributed by atoms with Gasteiger partial charge in [-0.05, 0) is 62.8 Å². The first-order chi connectivity index (χ1) is 19.7. The van der Waals surface area contributed by atoms with Gasteiger partial charge in [-0.2, -0.15) is 0 Å². The number of benzene rings is 1. The van der Waals surface area contributed by atoms with Gasteiger partial charge in [-0.15, -0.1) is 0 Å².